The third-order valence-corrected chi connectivity index (χ3v) is 11.0. The van der Waals surface area contributed by atoms with Gasteiger partial charge in [-0.15, -0.1) is 21.5 Å². The molecule has 0 aliphatic carbocycles. The van der Waals surface area contributed by atoms with E-state index >= 15 is 0 Å². The van der Waals surface area contributed by atoms with Crippen LogP contribution in [0.1, 0.15) is 57.7 Å². The van der Waals surface area contributed by atoms with Gasteiger partial charge < -0.3 is 24.6 Å². The number of nitrogens with one attached hydrogen (secondary N) is 1. The lowest BCUT2D eigenvalue weighted by Gasteiger charge is -2.30. The number of nitrogens with zero attached hydrogens (tertiary/aromatic N) is 6. The number of fused-ring (bicyclic) bond motifs is 2. The topological polar surface area (TPSA) is 106 Å². The number of hydrogen-bond donors (Lipinski definition) is 1. The maximum absolute atomic E-state index is 14.8. The van der Waals surface area contributed by atoms with Crippen molar-refractivity contribution in [1.29, 1.82) is 0 Å². The van der Waals surface area contributed by atoms with E-state index in [1.165, 1.54) is 38.0 Å². The van der Waals surface area contributed by atoms with Gasteiger partial charge >= 0.3 is 5.97 Å². The van der Waals surface area contributed by atoms with Crippen LogP contribution in [0.4, 0.5) is 26.3 Å². The molecule has 3 aromatic heterocycles. The Morgan fingerprint density at radius 2 is 1.90 bits per heavy atom. The first-order valence-corrected chi connectivity index (χ1v) is 18.1. The second-order valence-corrected chi connectivity index (χ2v) is 14.2. The summed E-state index contributed by atoms with van der Waals surface area (Å²) >= 11 is 3.02. The Hall–Kier alpha value is -4.20. The molecule has 0 spiro atoms. The van der Waals surface area contributed by atoms with Crippen LogP contribution in [0.3, 0.4) is 0 Å². The van der Waals surface area contributed by atoms with Crippen LogP contribution >= 0.6 is 22.7 Å². The fourth-order valence-corrected chi connectivity index (χ4v) is 8.12. The predicted octanol–water partition coefficient (Wildman–Crippen LogP) is 7.25. The summed E-state index contributed by atoms with van der Waals surface area (Å²) in [5.41, 5.74) is 4.32. The predicted molar refractivity (Wildman–Crippen MR) is 188 cm³/mol. The van der Waals surface area contributed by atoms with E-state index < -0.39 is 5.97 Å². The molecule has 2 aliphatic rings. The highest BCUT2D eigenvalue weighted by Crippen LogP contribution is 2.39. The van der Waals surface area contributed by atoms with E-state index in [9.17, 15) is 9.18 Å². The number of aromatic nitrogens is 4. The number of esters is 1. The van der Waals surface area contributed by atoms with Crippen molar-refractivity contribution in [3.8, 4) is 5.75 Å². The standard InChI is InChI=1S/C35H38FN7O3S2/c1-22-24-10-6-19-43(32(24)41-40-31(22)39-34-37-26-11-3-4-12-28(26)47-34)35-38-30(33(44)45-2)29(48-35)13-7-20-46-27-15-14-23(21-25(27)36)9-5-16-42-17-8-18-42/h3-4,11-12,14-15,21H,5-10,13,16-20H2,1-2H3,(H,37,39,40). The van der Waals surface area contributed by atoms with Gasteiger partial charge in [-0.1, -0.05) is 29.5 Å². The minimum Gasteiger partial charge on any atom is -0.491 e. The lowest BCUT2D eigenvalue weighted by atomic mass is 10.0. The molecule has 250 valence electrons. The van der Waals surface area contributed by atoms with Gasteiger partial charge in [-0.25, -0.2) is 19.2 Å². The average molecular weight is 688 g/mol. The van der Waals surface area contributed by atoms with Gasteiger partial charge in [0.15, 0.2) is 39.2 Å². The van der Waals surface area contributed by atoms with Gasteiger partial charge in [0, 0.05) is 22.5 Å². The van der Waals surface area contributed by atoms with Crippen molar-refractivity contribution in [1.82, 2.24) is 25.1 Å². The molecule has 2 aromatic carbocycles. The summed E-state index contributed by atoms with van der Waals surface area (Å²) in [6, 6.07) is 13.3. The zero-order chi connectivity index (χ0) is 33.0. The van der Waals surface area contributed by atoms with Crippen molar-refractivity contribution in [3.63, 3.8) is 0 Å². The van der Waals surface area contributed by atoms with Crippen molar-refractivity contribution in [2.24, 2.45) is 0 Å². The van der Waals surface area contributed by atoms with Crippen molar-refractivity contribution < 1.29 is 18.7 Å². The Balaban J connectivity index is 1.01. The van der Waals surface area contributed by atoms with E-state index in [1.54, 1.807) is 23.5 Å². The van der Waals surface area contributed by atoms with Gasteiger partial charge in [-0.05, 0) is 101 Å². The monoisotopic (exact) mass is 687 g/mol. The van der Waals surface area contributed by atoms with Crippen LogP contribution in [0.2, 0.25) is 0 Å². The molecule has 0 unspecified atom stereocenters. The number of anilines is 4. The number of rotatable bonds is 13. The lowest BCUT2D eigenvalue weighted by molar-refractivity contribution is 0.0593. The molecule has 13 heteroatoms. The molecule has 0 saturated carbocycles. The van der Waals surface area contributed by atoms with Crippen LogP contribution < -0.4 is 15.0 Å². The largest absolute Gasteiger partial charge is 0.491 e. The second kappa shape index (κ2) is 14.5. The number of carbonyl (C=O) groups is 1. The minimum atomic E-state index is -0.487. The van der Waals surface area contributed by atoms with Gasteiger partial charge in [-0.2, -0.15) is 0 Å². The molecule has 1 fully saturated rings. The summed E-state index contributed by atoms with van der Waals surface area (Å²) in [6.07, 6.45) is 6.04. The van der Waals surface area contributed by atoms with Crippen molar-refractivity contribution in [2.75, 3.05) is 50.1 Å². The van der Waals surface area contributed by atoms with Crippen LogP contribution in [-0.2, 0) is 24.0 Å². The Labute approximate surface area is 286 Å². The first-order valence-electron chi connectivity index (χ1n) is 16.4. The molecule has 48 heavy (non-hydrogen) atoms. The lowest BCUT2D eigenvalue weighted by Crippen LogP contribution is -2.37. The Kier molecular flexibility index (Phi) is 9.78. The second-order valence-electron chi connectivity index (χ2n) is 12.1. The quantitative estimate of drug-likeness (QED) is 0.101. The number of hydrogen-bond acceptors (Lipinski definition) is 12. The SMILES string of the molecule is COC(=O)c1nc(N2CCCc3c2nnc(Nc2nc4ccccc4s2)c3C)sc1CCCOc1ccc(CCCN2CCC2)cc1F. The number of ether oxygens (including phenoxy) is 2. The number of benzene rings is 2. The van der Waals surface area contributed by atoms with Crippen molar-refractivity contribution in [2.45, 2.75) is 51.9 Å². The Morgan fingerprint density at radius 1 is 1.02 bits per heavy atom. The number of halogens is 1. The van der Waals surface area contributed by atoms with Gasteiger partial charge in [-0.3, -0.25) is 0 Å². The highest BCUT2D eigenvalue weighted by molar-refractivity contribution is 7.22. The number of likely N-dealkylation sites (tertiary alicyclic amines) is 1. The molecular formula is C35H38FN7O3S2. The van der Waals surface area contributed by atoms with Gasteiger partial charge in [0.1, 0.15) is 0 Å². The molecule has 5 heterocycles. The molecule has 0 radical (unpaired) electrons. The first kappa shape index (κ1) is 32.4. The number of aryl methyl sites for hydroxylation is 2. The van der Waals surface area contributed by atoms with E-state index in [4.69, 9.17) is 14.5 Å². The summed E-state index contributed by atoms with van der Waals surface area (Å²) in [5.74, 6) is 0.839. The average Bonchev–Trinajstić information content (AvgIpc) is 3.69. The molecule has 5 aromatic rings. The van der Waals surface area contributed by atoms with Gasteiger partial charge in [0.2, 0.25) is 0 Å². The molecule has 2 aliphatic heterocycles. The van der Waals surface area contributed by atoms with Crippen LogP contribution in [0.25, 0.3) is 10.2 Å². The molecule has 7 rings (SSSR count). The smallest absolute Gasteiger partial charge is 0.357 e. The summed E-state index contributed by atoms with van der Waals surface area (Å²) in [7, 11) is 1.36. The van der Waals surface area contributed by atoms with Gasteiger partial charge in [0.25, 0.3) is 0 Å². The van der Waals surface area contributed by atoms with Crippen LogP contribution in [0, 0.1) is 12.7 Å². The third-order valence-electron chi connectivity index (χ3n) is 8.89. The van der Waals surface area contributed by atoms with Gasteiger partial charge in [0.05, 0.1) is 23.9 Å². The molecule has 0 amide bonds. The van der Waals surface area contributed by atoms with Crippen LogP contribution in [0.5, 0.6) is 5.75 Å². The maximum atomic E-state index is 14.8. The first-order chi connectivity index (χ1) is 23.5. The fraction of sp³-hybridized carbons (Fsp3) is 0.400. The number of thiazole rings is 2. The highest BCUT2D eigenvalue weighted by Gasteiger charge is 2.29. The molecule has 0 bridgehead atoms. The molecule has 10 nitrogen and oxygen atoms in total. The van der Waals surface area contributed by atoms with E-state index in [-0.39, 0.29) is 17.3 Å². The Bertz CT molecular complexity index is 1890. The zero-order valence-corrected chi connectivity index (χ0v) is 28.8. The van der Waals surface area contributed by atoms with Crippen LogP contribution in [0.15, 0.2) is 42.5 Å². The van der Waals surface area contributed by atoms with Crippen molar-refractivity contribution in [3.05, 3.63) is 75.5 Å². The van der Waals surface area contributed by atoms with E-state index in [1.807, 2.05) is 42.2 Å². The summed E-state index contributed by atoms with van der Waals surface area (Å²) in [6.45, 7) is 6.48. The van der Waals surface area contributed by atoms with E-state index in [0.717, 1.165) is 75.0 Å². The van der Waals surface area contributed by atoms with Crippen LogP contribution in [-0.4, -0.2) is 70.9 Å². The fourth-order valence-electron chi connectivity index (χ4n) is 6.14. The molecule has 0 atom stereocenters. The summed E-state index contributed by atoms with van der Waals surface area (Å²) < 4.78 is 26.8. The minimum absolute atomic E-state index is 0.246. The highest BCUT2D eigenvalue weighted by atomic mass is 32.1. The van der Waals surface area contributed by atoms with E-state index in [2.05, 4.69) is 25.4 Å². The number of para-hydroxylation sites is 1. The molecular weight excluding hydrogens is 650 g/mol. The molecule has 1 saturated heterocycles. The number of methoxy groups -OCH3 is 1. The Morgan fingerprint density at radius 3 is 2.69 bits per heavy atom. The normalized spacial score (nSPS) is 14.5. The number of carbonyl (C=O) groups excluding carboxylic acids is 1. The summed E-state index contributed by atoms with van der Waals surface area (Å²) in [5, 5.41) is 14.0. The summed E-state index contributed by atoms with van der Waals surface area (Å²) in [4.78, 5) is 27.4. The zero-order valence-electron chi connectivity index (χ0n) is 27.1. The maximum Gasteiger partial charge on any atom is 0.357 e. The van der Waals surface area contributed by atoms with Crippen molar-refractivity contribution >= 4 is 60.8 Å². The third kappa shape index (κ3) is 6.99. The van der Waals surface area contributed by atoms with E-state index in [0.29, 0.717) is 36.9 Å². The molecule has 1 N–H and O–H groups in total.